The van der Waals surface area contributed by atoms with Crippen LogP contribution in [0.3, 0.4) is 0 Å². The van der Waals surface area contributed by atoms with Gasteiger partial charge in [-0.3, -0.25) is 14.5 Å². The molecule has 0 atom stereocenters. The Morgan fingerprint density at radius 2 is 1.74 bits per heavy atom. The molecule has 0 saturated carbocycles. The first-order valence-corrected chi connectivity index (χ1v) is 12.8. The molecule has 0 radical (unpaired) electrons. The normalized spacial score (nSPS) is 14.7. The van der Waals surface area contributed by atoms with E-state index in [0.29, 0.717) is 30.5 Å². The zero-order valence-electron chi connectivity index (χ0n) is 20.3. The maximum Gasteiger partial charge on any atom is 0.275 e. The minimum absolute atomic E-state index is 0.0751. The van der Waals surface area contributed by atoms with Gasteiger partial charge in [0.15, 0.2) is 0 Å². The third kappa shape index (κ3) is 4.90. The van der Waals surface area contributed by atoms with Crippen molar-refractivity contribution in [3.05, 3.63) is 87.3 Å². The SMILES string of the molecule is Cc1ccccc1-c1nn2c(=O)cc(CN3CCN(C(=O)c4ccc(C(C)C)cc4)CC3)nc2s1. The van der Waals surface area contributed by atoms with Crippen molar-refractivity contribution in [3.63, 3.8) is 0 Å². The van der Waals surface area contributed by atoms with E-state index in [1.807, 2.05) is 60.4 Å². The summed E-state index contributed by atoms with van der Waals surface area (Å²) in [6.45, 7) is 9.71. The van der Waals surface area contributed by atoms with Crippen LogP contribution in [-0.2, 0) is 6.54 Å². The van der Waals surface area contributed by atoms with Gasteiger partial charge in [-0.25, -0.2) is 4.98 Å². The molecule has 35 heavy (non-hydrogen) atoms. The first-order chi connectivity index (χ1) is 16.9. The molecule has 1 fully saturated rings. The van der Waals surface area contributed by atoms with E-state index in [1.165, 1.54) is 21.4 Å². The fraction of sp³-hybridized carbons (Fsp3) is 0.333. The average molecular weight is 488 g/mol. The van der Waals surface area contributed by atoms with Crippen LogP contribution < -0.4 is 5.56 Å². The van der Waals surface area contributed by atoms with Crippen LogP contribution in [0, 0.1) is 6.92 Å². The van der Waals surface area contributed by atoms with Crippen LogP contribution in [0.5, 0.6) is 0 Å². The molecule has 2 aromatic heterocycles. The Hall–Kier alpha value is -3.36. The standard InChI is InChI=1S/C27H29N5O2S/c1-18(2)20-8-10-21(11-9-20)26(34)31-14-12-30(13-15-31)17-22-16-24(33)32-27(28-22)35-25(29-32)23-7-5-4-6-19(23)3/h4-11,16,18H,12-15,17H2,1-3H3. The lowest BCUT2D eigenvalue weighted by Gasteiger charge is -2.34. The van der Waals surface area contributed by atoms with Gasteiger partial charge in [-0.15, -0.1) is 0 Å². The van der Waals surface area contributed by atoms with Crippen molar-refractivity contribution in [2.75, 3.05) is 26.2 Å². The molecule has 180 valence electrons. The van der Waals surface area contributed by atoms with Crippen molar-refractivity contribution in [1.82, 2.24) is 24.4 Å². The maximum atomic E-state index is 12.9. The monoisotopic (exact) mass is 487 g/mol. The maximum absolute atomic E-state index is 12.9. The molecule has 2 aromatic carbocycles. The molecule has 4 aromatic rings. The second kappa shape index (κ2) is 9.71. The molecule has 1 aliphatic rings. The first kappa shape index (κ1) is 23.4. The van der Waals surface area contributed by atoms with E-state index in [4.69, 9.17) is 4.98 Å². The number of rotatable bonds is 5. The molecule has 0 unspecified atom stereocenters. The Morgan fingerprint density at radius 1 is 1.03 bits per heavy atom. The Morgan fingerprint density at radius 3 is 2.43 bits per heavy atom. The lowest BCUT2D eigenvalue weighted by Crippen LogP contribution is -2.48. The highest BCUT2D eigenvalue weighted by Gasteiger charge is 2.23. The molecule has 3 heterocycles. The highest BCUT2D eigenvalue weighted by molar-refractivity contribution is 7.19. The highest BCUT2D eigenvalue weighted by Crippen LogP contribution is 2.27. The lowest BCUT2D eigenvalue weighted by molar-refractivity contribution is 0.0627. The topological polar surface area (TPSA) is 70.8 Å². The molecular formula is C27H29N5O2S. The minimum atomic E-state index is -0.167. The van der Waals surface area contributed by atoms with Gasteiger partial charge < -0.3 is 4.90 Å². The molecule has 0 N–H and O–H groups in total. The van der Waals surface area contributed by atoms with Crippen LogP contribution in [-0.4, -0.2) is 56.5 Å². The molecule has 0 spiro atoms. The largest absolute Gasteiger partial charge is 0.336 e. The van der Waals surface area contributed by atoms with E-state index in [2.05, 4.69) is 23.8 Å². The average Bonchev–Trinajstić information content (AvgIpc) is 3.29. The number of aryl methyl sites for hydroxylation is 1. The van der Waals surface area contributed by atoms with E-state index in [0.717, 1.165) is 40.5 Å². The molecule has 8 heteroatoms. The number of amides is 1. The number of nitrogens with zero attached hydrogens (tertiary/aromatic N) is 5. The van der Waals surface area contributed by atoms with Gasteiger partial charge in [0.1, 0.15) is 5.01 Å². The quantitative estimate of drug-likeness (QED) is 0.422. The van der Waals surface area contributed by atoms with Crippen molar-refractivity contribution in [3.8, 4) is 10.6 Å². The van der Waals surface area contributed by atoms with Crippen LogP contribution >= 0.6 is 11.3 Å². The van der Waals surface area contributed by atoms with Gasteiger partial charge >= 0.3 is 0 Å². The van der Waals surface area contributed by atoms with Gasteiger partial charge in [0, 0.05) is 49.9 Å². The van der Waals surface area contributed by atoms with Crippen LogP contribution in [0.1, 0.15) is 46.9 Å². The first-order valence-electron chi connectivity index (χ1n) is 12.0. The predicted octanol–water partition coefficient (Wildman–Crippen LogP) is 4.21. The predicted molar refractivity (Wildman–Crippen MR) is 139 cm³/mol. The number of carbonyl (C=O) groups excluding carboxylic acids is 1. The molecule has 0 bridgehead atoms. The summed E-state index contributed by atoms with van der Waals surface area (Å²) in [7, 11) is 0. The summed E-state index contributed by atoms with van der Waals surface area (Å²) in [4.78, 5) is 35.1. The number of piperazine rings is 1. The molecule has 5 rings (SSSR count). The smallest absolute Gasteiger partial charge is 0.275 e. The van der Waals surface area contributed by atoms with Crippen LogP contribution in [0.2, 0.25) is 0 Å². The summed E-state index contributed by atoms with van der Waals surface area (Å²) >= 11 is 1.43. The fourth-order valence-corrected chi connectivity index (χ4v) is 5.40. The van der Waals surface area contributed by atoms with E-state index in [-0.39, 0.29) is 11.5 Å². The zero-order chi connectivity index (χ0) is 24.5. The van der Waals surface area contributed by atoms with Gasteiger partial charge in [-0.1, -0.05) is 61.6 Å². The number of aromatic nitrogens is 3. The summed E-state index contributed by atoms with van der Waals surface area (Å²) in [6, 6.07) is 17.5. The molecule has 7 nitrogen and oxygen atoms in total. The fourth-order valence-electron chi connectivity index (χ4n) is 4.39. The van der Waals surface area contributed by atoms with Crippen molar-refractivity contribution in [2.45, 2.75) is 33.2 Å². The Labute approximate surface area is 208 Å². The van der Waals surface area contributed by atoms with Crippen LogP contribution in [0.4, 0.5) is 0 Å². The van der Waals surface area contributed by atoms with Gasteiger partial charge in [0.2, 0.25) is 4.96 Å². The van der Waals surface area contributed by atoms with Gasteiger partial charge in [-0.2, -0.15) is 9.61 Å². The van der Waals surface area contributed by atoms with Crippen molar-refractivity contribution in [2.24, 2.45) is 0 Å². The van der Waals surface area contributed by atoms with Gasteiger partial charge in [0.05, 0.1) is 5.69 Å². The summed E-state index contributed by atoms with van der Waals surface area (Å²) in [5, 5.41) is 5.30. The van der Waals surface area contributed by atoms with E-state index < -0.39 is 0 Å². The second-order valence-electron chi connectivity index (χ2n) is 9.35. The van der Waals surface area contributed by atoms with Crippen molar-refractivity contribution in [1.29, 1.82) is 0 Å². The number of hydrogen-bond donors (Lipinski definition) is 0. The van der Waals surface area contributed by atoms with Gasteiger partial charge in [-0.05, 0) is 36.1 Å². The van der Waals surface area contributed by atoms with E-state index >= 15 is 0 Å². The highest BCUT2D eigenvalue weighted by atomic mass is 32.1. The van der Waals surface area contributed by atoms with Crippen molar-refractivity contribution < 1.29 is 4.79 Å². The number of hydrogen-bond acceptors (Lipinski definition) is 6. The van der Waals surface area contributed by atoms with E-state index in [1.54, 1.807) is 6.07 Å². The molecular weight excluding hydrogens is 458 g/mol. The molecule has 1 saturated heterocycles. The number of fused-ring (bicyclic) bond motifs is 1. The zero-order valence-corrected chi connectivity index (χ0v) is 21.1. The minimum Gasteiger partial charge on any atom is -0.336 e. The Bertz CT molecular complexity index is 1420. The third-order valence-electron chi connectivity index (χ3n) is 6.54. The van der Waals surface area contributed by atoms with Crippen LogP contribution in [0.25, 0.3) is 15.5 Å². The number of carbonyl (C=O) groups is 1. The summed E-state index contributed by atoms with van der Waals surface area (Å²) in [6.07, 6.45) is 0. The lowest BCUT2D eigenvalue weighted by atomic mass is 10.0. The Kier molecular flexibility index (Phi) is 6.49. The molecule has 0 aliphatic carbocycles. The van der Waals surface area contributed by atoms with Crippen LogP contribution in [0.15, 0.2) is 59.4 Å². The van der Waals surface area contributed by atoms with Gasteiger partial charge in [0.25, 0.3) is 11.5 Å². The summed E-state index contributed by atoms with van der Waals surface area (Å²) in [5.41, 5.74) is 4.67. The second-order valence-corrected chi connectivity index (χ2v) is 10.3. The van der Waals surface area contributed by atoms with E-state index in [9.17, 15) is 9.59 Å². The summed E-state index contributed by atoms with van der Waals surface area (Å²) < 4.78 is 1.39. The summed E-state index contributed by atoms with van der Waals surface area (Å²) in [5.74, 6) is 0.522. The molecule has 1 aliphatic heterocycles. The number of benzene rings is 2. The van der Waals surface area contributed by atoms with Crippen molar-refractivity contribution >= 4 is 22.2 Å². The Balaban J connectivity index is 1.25. The third-order valence-corrected chi connectivity index (χ3v) is 7.48. The molecule has 1 amide bonds.